The third-order valence-electron chi connectivity index (χ3n) is 5.29. The third kappa shape index (κ3) is 6.51. The lowest BCUT2D eigenvalue weighted by Crippen LogP contribution is -2.27. The Hall–Kier alpha value is -3.34. The van der Waals surface area contributed by atoms with E-state index < -0.39 is 4.92 Å². The van der Waals surface area contributed by atoms with Crippen LogP contribution in [0.15, 0.2) is 70.0 Å². The highest BCUT2D eigenvalue weighted by Crippen LogP contribution is 2.39. The van der Waals surface area contributed by atoms with E-state index in [1.807, 2.05) is 6.92 Å². The van der Waals surface area contributed by atoms with Crippen molar-refractivity contribution in [3.63, 3.8) is 0 Å². The predicted octanol–water partition coefficient (Wildman–Crippen LogP) is 7.22. The molecule has 3 aromatic rings. The summed E-state index contributed by atoms with van der Waals surface area (Å²) in [7, 11) is 0. The highest BCUT2D eigenvalue weighted by molar-refractivity contribution is 9.10. The van der Waals surface area contributed by atoms with Crippen molar-refractivity contribution < 1.29 is 24.0 Å². The Morgan fingerprint density at radius 2 is 1.78 bits per heavy atom. The van der Waals surface area contributed by atoms with Gasteiger partial charge in [0.05, 0.1) is 23.0 Å². The van der Waals surface area contributed by atoms with E-state index in [1.165, 1.54) is 17.0 Å². The predicted molar refractivity (Wildman–Crippen MR) is 146 cm³/mol. The zero-order valence-electron chi connectivity index (χ0n) is 19.5. The molecule has 4 rings (SSSR count). The number of rotatable bonds is 9. The molecule has 190 valence electrons. The van der Waals surface area contributed by atoms with Crippen molar-refractivity contribution in [1.29, 1.82) is 0 Å². The van der Waals surface area contributed by atoms with Gasteiger partial charge in [-0.05, 0) is 65.7 Å². The highest BCUT2D eigenvalue weighted by atomic mass is 79.9. The number of non-ortho nitro benzene ring substituents is 1. The fourth-order valence-corrected chi connectivity index (χ4v) is 4.91. The number of thioether (sulfide) groups is 1. The number of ether oxygens (including phenoxy) is 2. The Kier molecular flexibility index (Phi) is 8.52. The number of carbonyl (C=O) groups is 2. The average molecular weight is 604 g/mol. The SMILES string of the molecule is CCOc1cc(/C=C2/SC(=O)N(Cc3ccc(Cl)cc3)C2=O)c(Br)cc1OCc1cccc([N+](=O)[O-])c1. The van der Waals surface area contributed by atoms with Crippen LogP contribution < -0.4 is 9.47 Å². The molecule has 37 heavy (non-hydrogen) atoms. The summed E-state index contributed by atoms with van der Waals surface area (Å²) in [6, 6.07) is 16.6. The number of halogens is 2. The average Bonchev–Trinajstić information content (AvgIpc) is 3.13. The molecule has 1 fully saturated rings. The number of amides is 2. The van der Waals surface area contributed by atoms with E-state index >= 15 is 0 Å². The second-order valence-electron chi connectivity index (χ2n) is 7.86. The number of imide groups is 1. The van der Waals surface area contributed by atoms with Gasteiger partial charge >= 0.3 is 0 Å². The van der Waals surface area contributed by atoms with E-state index in [-0.39, 0.29) is 34.9 Å². The maximum atomic E-state index is 13.0. The van der Waals surface area contributed by atoms with Gasteiger partial charge in [-0.25, -0.2) is 0 Å². The summed E-state index contributed by atoms with van der Waals surface area (Å²) in [4.78, 5) is 37.6. The van der Waals surface area contributed by atoms with Gasteiger partial charge in [-0.1, -0.05) is 51.8 Å². The van der Waals surface area contributed by atoms with Gasteiger partial charge in [0, 0.05) is 21.6 Å². The molecule has 0 bridgehead atoms. The molecule has 0 N–H and O–H groups in total. The van der Waals surface area contributed by atoms with Gasteiger partial charge < -0.3 is 9.47 Å². The summed E-state index contributed by atoms with van der Waals surface area (Å²) in [6.07, 6.45) is 1.63. The normalized spacial score (nSPS) is 14.4. The van der Waals surface area contributed by atoms with E-state index in [2.05, 4.69) is 15.9 Å². The molecule has 8 nitrogen and oxygen atoms in total. The maximum absolute atomic E-state index is 13.0. The highest BCUT2D eigenvalue weighted by Gasteiger charge is 2.35. The van der Waals surface area contributed by atoms with Crippen LogP contribution in [0, 0.1) is 10.1 Å². The van der Waals surface area contributed by atoms with Crippen LogP contribution in [-0.2, 0) is 17.9 Å². The molecule has 0 radical (unpaired) electrons. The number of nitro groups is 1. The monoisotopic (exact) mass is 602 g/mol. The number of nitro benzene ring substituents is 1. The first-order chi connectivity index (χ1) is 17.7. The Morgan fingerprint density at radius 1 is 1.05 bits per heavy atom. The van der Waals surface area contributed by atoms with Gasteiger partial charge in [0.15, 0.2) is 11.5 Å². The molecule has 11 heteroatoms. The van der Waals surface area contributed by atoms with Gasteiger partial charge in [0.25, 0.3) is 16.8 Å². The van der Waals surface area contributed by atoms with Crippen molar-refractivity contribution in [2.24, 2.45) is 0 Å². The Labute approximate surface area is 230 Å². The van der Waals surface area contributed by atoms with E-state index in [4.69, 9.17) is 21.1 Å². The molecule has 0 atom stereocenters. The number of carbonyl (C=O) groups excluding carboxylic acids is 2. The lowest BCUT2D eigenvalue weighted by molar-refractivity contribution is -0.384. The summed E-state index contributed by atoms with van der Waals surface area (Å²) < 4.78 is 12.3. The fourth-order valence-electron chi connectivity index (χ4n) is 3.51. The van der Waals surface area contributed by atoms with Crippen LogP contribution in [0.2, 0.25) is 5.02 Å². The quantitative estimate of drug-likeness (QED) is 0.145. The molecule has 1 aliphatic heterocycles. The van der Waals surface area contributed by atoms with E-state index in [1.54, 1.807) is 54.6 Å². The Balaban J connectivity index is 1.54. The van der Waals surface area contributed by atoms with Crippen LogP contribution in [0.1, 0.15) is 23.6 Å². The molecular weight excluding hydrogens is 584 g/mol. The number of benzene rings is 3. The molecule has 1 heterocycles. The first kappa shape index (κ1) is 26.7. The van der Waals surface area contributed by atoms with Crippen LogP contribution in [0.25, 0.3) is 6.08 Å². The van der Waals surface area contributed by atoms with Gasteiger partial charge in [-0.15, -0.1) is 0 Å². The lowest BCUT2D eigenvalue weighted by atomic mass is 10.1. The van der Waals surface area contributed by atoms with E-state index in [0.29, 0.717) is 38.7 Å². The molecule has 0 unspecified atom stereocenters. The van der Waals surface area contributed by atoms with Crippen LogP contribution >= 0.6 is 39.3 Å². The summed E-state index contributed by atoms with van der Waals surface area (Å²) in [5, 5.41) is 11.3. The van der Waals surface area contributed by atoms with Gasteiger partial charge in [-0.2, -0.15) is 0 Å². The van der Waals surface area contributed by atoms with Crippen molar-refractivity contribution in [1.82, 2.24) is 4.90 Å². The lowest BCUT2D eigenvalue weighted by Gasteiger charge is -2.14. The summed E-state index contributed by atoms with van der Waals surface area (Å²) >= 11 is 10.3. The minimum Gasteiger partial charge on any atom is -0.490 e. The van der Waals surface area contributed by atoms with Crippen LogP contribution in [0.4, 0.5) is 10.5 Å². The van der Waals surface area contributed by atoms with Crippen molar-refractivity contribution in [3.05, 3.63) is 102 Å². The molecule has 0 saturated carbocycles. The van der Waals surface area contributed by atoms with E-state index in [0.717, 1.165) is 17.3 Å². The smallest absolute Gasteiger partial charge is 0.293 e. The number of hydrogen-bond donors (Lipinski definition) is 0. The second-order valence-corrected chi connectivity index (χ2v) is 10.1. The largest absolute Gasteiger partial charge is 0.490 e. The topological polar surface area (TPSA) is 99.0 Å². The van der Waals surface area contributed by atoms with E-state index in [9.17, 15) is 19.7 Å². The zero-order chi connectivity index (χ0) is 26.5. The molecule has 1 aliphatic rings. The Morgan fingerprint density at radius 3 is 2.49 bits per heavy atom. The minimum absolute atomic E-state index is 0.0207. The van der Waals surface area contributed by atoms with Gasteiger partial charge in [0.2, 0.25) is 0 Å². The molecule has 3 aromatic carbocycles. The third-order valence-corrected chi connectivity index (χ3v) is 7.14. The summed E-state index contributed by atoms with van der Waals surface area (Å²) in [5.41, 5.74) is 2.03. The van der Waals surface area contributed by atoms with Crippen molar-refractivity contribution in [3.8, 4) is 11.5 Å². The Bertz CT molecular complexity index is 1400. The standard InChI is InChI=1S/C26H20BrClN2O6S/c1-2-35-22-11-18(21(27)13-23(22)36-15-17-4-3-5-20(10-17)30(33)34)12-24-25(31)29(26(32)37-24)14-16-6-8-19(28)9-7-16/h3-13H,2,14-15H2,1H3/b24-12+. The molecule has 2 amide bonds. The fraction of sp³-hybridized carbons (Fsp3) is 0.154. The van der Waals surface area contributed by atoms with Gasteiger partial charge in [-0.3, -0.25) is 24.6 Å². The zero-order valence-corrected chi connectivity index (χ0v) is 22.6. The van der Waals surface area contributed by atoms with Crippen molar-refractivity contribution >= 4 is 62.2 Å². The molecule has 0 aliphatic carbocycles. The van der Waals surface area contributed by atoms with Gasteiger partial charge in [0.1, 0.15) is 6.61 Å². The van der Waals surface area contributed by atoms with Crippen LogP contribution in [-0.4, -0.2) is 27.6 Å². The molecule has 0 aromatic heterocycles. The summed E-state index contributed by atoms with van der Waals surface area (Å²) in [5.74, 6) is 0.469. The molecule has 0 spiro atoms. The summed E-state index contributed by atoms with van der Waals surface area (Å²) in [6.45, 7) is 2.44. The molecule has 1 saturated heterocycles. The van der Waals surface area contributed by atoms with Crippen LogP contribution in [0.3, 0.4) is 0 Å². The first-order valence-electron chi connectivity index (χ1n) is 11.1. The van der Waals surface area contributed by atoms with Crippen LogP contribution in [0.5, 0.6) is 11.5 Å². The number of hydrogen-bond acceptors (Lipinski definition) is 7. The van der Waals surface area contributed by atoms with Crippen molar-refractivity contribution in [2.75, 3.05) is 6.61 Å². The second kappa shape index (κ2) is 11.8. The minimum atomic E-state index is -0.461. The molecular formula is C26H20BrClN2O6S. The first-order valence-corrected chi connectivity index (χ1v) is 13.1. The van der Waals surface area contributed by atoms with Crippen molar-refractivity contribution in [2.45, 2.75) is 20.1 Å². The maximum Gasteiger partial charge on any atom is 0.293 e. The number of nitrogens with zero attached hydrogens (tertiary/aromatic N) is 2.